The van der Waals surface area contributed by atoms with E-state index in [0.717, 1.165) is 37.7 Å². The zero-order valence-electron chi connectivity index (χ0n) is 12.1. The first-order chi connectivity index (χ1) is 10.3. The van der Waals surface area contributed by atoms with Crippen LogP contribution in [-0.2, 0) is 16.1 Å². The molecule has 21 heavy (non-hydrogen) atoms. The van der Waals surface area contributed by atoms with E-state index < -0.39 is 0 Å². The molecule has 0 aromatic heterocycles. The summed E-state index contributed by atoms with van der Waals surface area (Å²) in [6.45, 7) is 1.73. The summed E-state index contributed by atoms with van der Waals surface area (Å²) in [6.07, 6.45) is 3.92. The van der Waals surface area contributed by atoms with Crippen molar-refractivity contribution in [3.63, 3.8) is 0 Å². The highest BCUT2D eigenvalue weighted by Gasteiger charge is 2.41. The molecule has 112 valence electrons. The van der Waals surface area contributed by atoms with Gasteiger partial charge in [0, 0.05) is 19.0 Å². The Hall–Kier alpha value is -1.84. The van der Waals surface area contributed by atoms with Crippen LogP contribution >= 0.6 is 0 Å². The number of ether oxygens (including phenoxy) is 1. The quantitative estimate of drug-likeness (QED) is 0.803. The van der Waals surface area contributed by atoms with Crippen molar-refractivity contribution in [1.29, 1.82) is 0 Å². The van der Waals surface area contributed by atoms with E-state index in [2.05, 4.69) is 0 Å². The molecule has 0 radical (unpaired) electrons. The minimum atomic E-state index is -0.256. The maximum Gasteiger partial charge on any atom is 0.410 e. The molecule has 3 atom stereocenters. The third-order valence-corrected chi connectivity index (χ3v) is 4.87. The van der Waals surface area contributed by atoms with E-state index in [0.29, 0.717) is 25.0 Å². The number of hydrogen-bond donors (Lipinski definition) is 0. The van der Waals surface area contributed by atoms with Gasteiger partial charge in [-0.2, -0.15) is 0 Å². The second-order valence-corrected chi connectivity index (χ2v) is 6.08. The number of carbonyl (C=O) groups excluding carboxylic acids is 2. The Morgan fingerprint density at radius 1 is 1.24 bits per heavy atom. The van der Waals surface area contributed by atoms with Gasteiger partial charge < -0.3 is 14.4 Å². The third kappa shape index (κ3) is 3.09. The Balaban J connectivity index is 1.54. The van der Waals surface area contributed by atoms with Crippen molar-refractivity contribution in [3.8, 4) is 0 Å². The van der Waals surface area contributed by atoms with Gasteiger partial charge >= 0.3 is 6.09 Å². The lowest BCUT2D eigenvalue weighted by atomic mass is 9.85. The summed E-state index contributed by atoms with van der Waals surface area (Å²) in [5.74, 6) is 1.07. The van der Waals surface area contributed by atoms with E-state index in [1.54, 1.807) is 4.90 Å². The highest BCUT2D eigenvalue weighted by molar-refractivity contribution is 5.68. The van der Waals surface area contributed by atoms with E-state index in [9.17, 15) is 9.59 Å². The van der Waals surface area contributed by atoms with Crippen molar-refractivity contribution in [1.82, 2.24) is 4.90 Å². The van der Waals surface area contributed by atoms with Crippen molar-refractivity contribution < 1.29 is 14.3 Å². The Labute approximate surface area is 125 Å². The minimum absolute atomic E-state index is 0.125. The van der Waals surface area contributed by atoms with Gasteiger partial charge in [0.05, 0.1) is 0 Å². The lowest BCUT2D eigenvalue weighted by molar-refractivity contribution is -0.112. The first kappa shape index (κ1) is 14.1. The van der Waals surface area contributed by atoms with E-state index in [1.165, 1.54) is 0 Å². The molecule has 0 unspecified atom stereocenters. The summed E-state index contributed by atoms with van der Waals surface area (Å²) < 4.78 is 5.38. The van der Waals surface area contributed by atoms with Crippen LogP contribution in [0.5, 0.6) is 0 Å². The number of piperidine rings is 1. The molecule has 1 aromatic carbocycles. The highest BCUT2D eigenvalue weighted by Crippen LogP contribution is 2.41. The lowest BCUT2D eigenvalue weighted by Crippen LogP contribution is -2.44. The van der Waals surface area contributed by atoms with Crippen LogP contribution in [0.25, 0.3) is 0 Å². The van der Waals surface area contributed by atoms with E-state index in [-0.39, 0.29) is 12.0 Å². The zero-order chi connectivity index (χ0) is 14.7. The molecule has 2 fully saturated rings. The molecule has 4 nitrogen and oxygen atoms in total. The number of likely N-dealkylation sites (tertiary alicyclic amines) is 1. The van der Waals surface area contributed by atoms with E-state index >= 15 is 0 Å². The van der Waals surface area contributed by atoms with Crippen LogP contribution in [0.4, 0.5) is 4.79 Å². The summed E-state index contributed by atoms with van der Waals surface area (Å²) in [7, 11) is 0. The number of carbonyl (C=O) groups is 2. The van der Waals surface area contributed by atoms with Gasteiger partial charge in [0.2, 0.25) is 0 Å². The number of benzene rings is 1. The van der Waals surface area contributed by atoms with E-state index in [1.807, 2.05) is 30.3 Å². The summed E-state index contributed by atoms with van der Waals surface area (Å²) in [5.41, 5.74) is 0.993. The number of amides is 1. The van der Waals surface area contributed by atoms with Crippen LogP contribution in [0.1, 0.15) is 24.8 Å². The summed E-state index contributed by atoms with van der Waals surface area (Å²) in [5, 5.41) is 0. The Morgan fingerprint density at radius 3 is 2.81 bits per heavy atom. The number of hydrogen-bond acceptors (Lipinski definition) is 3. The maximum atomic E-state index is 12.2. The molecule has 0 bridgehead atoms. The van der Waals surface area contributed by atoms with Gasteiger partial charge in [-0.25, -0.2) is 4.79 Å². The van der Waals surface area contributed by atoms with Crippen LogP contribution in [0, 0.1) is 17.8 Å². The Kier molecular flexibility index (Phi) is 4.23. The fraction of sp³-hybridized carbons (Fsp3) is 0.529. The topological polar surface area (TPSA) is 46.6 Å². The van der Waals surface area contributed by atoms with Gasteiger partial charge in [0.1, 0.15) is 12.9 Å². The van der Waals surface area contributed by atoms with E-state index in [4.69, 9.17) is 4.74 Å². The van der Waals surface area contributed by atoms with Gasteiger partial charge in [0.15, 0.2) is 0 Å². The zero-order valence-corrected chi connectivity index (χ0v) is 12.1. The van der Waals surface area contributed by atoms with Crippen molar-refractivity contribution >= 4 is 12.4 Å². The van der Waals surface area contributed by atoms with Gasteiger partial charge in [-0.1, -0.05) is 30.3 Å². The third-order valence-electron chi connectivity index (χ3n) is 4.87. The van der Waals surface area contributed by atoms with Crippen molar-refractivity contribution in [2.75, 3.05) is 13.1 Å². The SMILES string of the molecule is O=C[C@H]1CC[C@@H]2CCN(C(=O)OCc3ccccc3)C[C@@H]21. The Bertz CT molecular complexity index is 502. The number of fused-ring (bicyclic) bond motifs is 1. The first-order valence-electron chi connectivity index (χ1n) is 7.69. The normalized spacial score (nSPS) is 28.0. The standard InChI is InChI=1S/C17H21NO3/c19-11-15-7-6-14-8-9-18(10-16(14)15)17(20)21-12-13-4-2-1-3-5-13/h1-5,11,14-16H,6-10,12H2/t14-,15-,16+/m1/s1. The Morgan fingerprint density at radius 2 is 2.05 bits per heavy atom. The van der Waals surface area contributed by atoms with Crippen LogP contribution in [0.15, 0.2) is 30.3 Å². The molecule has 1 saturated carbocycles. The molecule has 2 aliphatic rings. The molecule has 1 amide bonds. The molecule has 1 saturated heterocycles. The molecule has 0 N–H and O–H groups in total. The molecular weight excluding hydrogens is 266 g/mol. The molecule has 1 heterocycles. The monoisotopic (exact) mass is 287 g/mol. The predicted octanol–water partition coefficient (Wildman–Crippen LogP) is 2.87. The maximum absolute atomic E-state index is 12.2. The second-order valence-electron chi connectivity index (χ2n) is 6.08. The second kappa shape index (κ2) is 6.29. The largest absolute Gasteiger partial charge is 0.445 e. The van der Waals surface area contributed by atoms with Crippen LogP contribution in [0.3, 0.4) is 0 Å². The summed E-state index contributed by atoms with van der Waals surface area (Å²) >= 11 is 0. The van der Waals surface area contributed by atoms with Gasteiger partial charge in [-0.15, -0.1) is 0 Å². The van der Waals surface area contributed by atoms with Crippen molar-refractivity contribution in [2.24, 2.45) is 17.8 Å². The smallest absolute Gasteiger partial charge is 0.410 e. The average Bonchev–Trinajstić information content (AvgIpc) is 2.95. The molecule has 1 aliphatic carbocycles. The van der Waals surface area contributed by atoms with Crippen LogP contribution in [0.2, 0.25) is 0 Å². The minimum Gasteiger partial charge on any atom is -0.445 e. The molecule has 4 heteroatoms. The molecule has 1 aliphatic heterocycles. The summed E-state index contributed by atoms with van der Waals surface area (Å²) in [4.78, 5) is 25.1. The van der Waals surface area contributed by atoms with Crippen molar-refractivity contribution in [3.05, 3.63) is 35.9 Å². The molecular formula is C17H21NO3. The number of nitrogens with zero attached hydrogens (tertiary/aromatic N) is 1. The average molecular weight is 287 g/mol. The summed E-state index contributed by atoms with van der Waals surface area (Å²) in [6, 6.07) is 9.69. The van der Waals surface area contributed by atoms with Gasteiger partial charge in [0.25, 0.3) is 0 Å². The van der Waals surface area contributed by atoms with Crippen molar-refractivity contribution in [2.45, 2.75) is 25.9 Å². The first-order valence-corrected chi connectivity index (χ1v) is 7.69. The predicted molar refractivity (Wildman–Crippen MR) is 78.6 cm³/mol. The molecule has 1 aromatic rings. The van der Waals surface area contributed by atoms with Gasteiger partial charge in [-0.05, 0) is 36.7 Å². The van der Waals surface area contributed by atoms with Crippen LogP contribution in [-0.4, -0.2) is 30.4 Å². The fourth-order valence-corrected chi connectivity index (χ4v) is 3.64. The van der Waals surface area contributed by atoms with Crippen LogP contribution < -0.4 is 0 Å². The number of aldehydes is 1. The van der Waals surface area contributed by atoms with Gasteiger partial charge in [-0.3, -0.25) is 0 Å². The number of rotatable bonds is 3. The highest BCUT2D eigenvalue weighted by atomic mass is 16.6. The fourth-order valence-electron chi connectivity index (χ4n) is 3.64. The molecule has 0 spiro atoms. The lowest BCUT2D eigenvalue weighted by Gasteiger charge is -2.35. The molecule has 3 rings (SSSR count).